The molecule has 0 unspecified atom stereocenters. The summed E-state index contributed by atoms with van der Waals surface area (Å²) in [7, 11) is 0. The van der Waals surface area contributed by atoms with E-state index in [-0.39, 0.29) is 12.0 Å². The van der Waals surface area contributed by atoms with Gasteiger partial charge in [0.15, 0.2) is 0 Å². The molecule has 124 valence electrons. The third kappa shape index (κ3) is 5.22. The zero-order chi connectivity index (χ0) is 17.6. The van der Waals surface area contributed by atoms with Crippen LogP contribution in [0.4, 0.5) is 16.2 Å². The van der Waals surface area contributed by atoms with Crippen LogP contribution in [-0.4, -0.2) is 33.1 Å². The van der Waals surface area contributed by atoms with Gasteiger partial charge in [0.2, 0.25) is 0 Å². The maximum absolute atomic E-state index is 11.5. The average Bonchev–Trinajstić information content (AvgIpc) is 2.49. The number of nitro benzene ring substituents is 2. The maximum atomic E-state index is 11.5. The molecule has 1 amide bonds. The van der Waals surface area contributed by atoms with E-state index in [2.05, 4.69) is 5.32 Å². The molecule has 0 aliphatic heterocycles. The summed E-state index contributed by atoms with van der Waals surface area (Å²) in [6, 6.07) is 1.69. The molecule has 1 atom stereocenters. The molecule has 11 nitrogen and oxygen atoms in total. The Kier molecular flexibility index (Phi) is 5.95. The summed E-state index contributed by atoms with van der Waals surface area (Å²) in [5.41, 5.74) is -1.00. The molecule has 0 radical (unpaired) electrons. The highest BCUT2D eigenvalue weighted by Gasteiger charge is 2.20. The molecule has 0 spiro atoms. The van der Waals surface area contributed by atoms with E-state index in [9.17, 15) is 29.8 Å². The van der Waals surface area contributed by atoms with Crippen molar-refractivity contribution in [3.63, 3.8) is 0 Å². The molecule has 11 heteroatoms. The van der Waals surface area contributed by atoms with Crippen LogP contribution >= 0.6 is 0 Å². The van der Waals surface area contributed by atoms with Gasteiger partial charge in [-0.15, -0.1) is 0 Å². The second kappa shape index (κ2) is 7.68. The molecule has 0 saturated carbocycles. The Labute approximate surface area is 129 Å². The summed E-state index contributed by atoms with van der Waals surface area (Å²) in [5, 5.41) is 32.3. The molecule has 0 saturated heterocycles. The molecule has 1 rings (SSSR count). The molecule has 0 aliphatic rings. The lowest BCUT2D eigenvalue weighted by molar-refractivity contribution is -0.394. The standard InChI is InChI=1S/C12H13N3O8/c1-2-10(11(16)17)13-12(18)23-6-7-3-8(14(19)20)5-9(4-7)15(21)22/h3-5,10H,2,6H2,1H3,(H,13,18)(H,16,17)/t10-/m0/s1. The van der Waals surface area contributed by atoms with E-state index < -0.39 is 45.9 Å². The Morgan fingerprint density at radius 2 is 1.74 bits per heavy atom. The number of carbonyl (C=O) groups excluding carboxylic acids is 1. The number of hydrogen-bond donors (Lipinski definition) is 2. The fraction of sp³-hybridized carbons (Fsp3) is 0.333. The maximum Gasteiger partial charge on any atom is 0.408 e. The molecular weight excluding hydrogens is 314 g/mol. The first-order valence-electron chi connectivity index (χ1n) is 6.33. The first-order chi connectivity index (χ1) is 10.7. The minimum absolute atomic E-state index is 0.0319. The van der Waals surface area contributed by atoms with Crippen LogP contribution < -0.4 is 5.32 Å². The van der Waals surface area contributed by atoms with E-state index in [0.717, 1.165) is 18.2 Å². The summed E-state index contributed by atoms with van der Waals surface area (Å²) in [6.07, 6.45) is -0.916. The van der Waals surface area contributed by atoms with Crippen LogP contribution in [0, 0.1) is 20.2 Å². The summed E-state index contributed by atoms with van der Waals surface area (Å²) < 4.78 is 4.72. The van der Waals surface area contributed by atoms with Crippen LogP contribution in [-0.2, 0) is 16.1 Å². The van der Waals surface area contributed by atoms with Gasteiger partial charge in [-0.25, -0.2) is 9.59 Å². The number of carboxylic acid groups (broad SMARTS) is 1. The van der Waals surface area contributed by atoms with Crippen LogP contribution in [0.15, 0.2) is 18.2 Å². The van der Waals surface area contributed by atoms with E-state index in [0.29, 0.717) is 0 Å². The fourth-order valence-electron chi connectivity index (χ4n) is 1.62. The highest BCUT2D eigenvalue weighted by Crippen LogP contribution is 2.23. The third-order valence-electron chi connectivity index (χ3n) is 2.75. The highest BCUT2D eigenvalue weighted by atomic mass is 16.6. The van der Waals surface area contributed by atoms with Crippen molar-refractivity contribution >= 4 is 23.4 Å². The van der Waals surface area contributed by atoms with Gasteiger partial charge in [-0.05, 0) is 6.42 Å². The van der Waals surface area contributed by atoms with Crippen LogP contribution in [0.5, 0.6) is 0 Å². The van der Waals surface area contributed by atoms with E-state index in [1.54, 1.807) is 6.92 Å². The Morgan fingerprint density at radius 3 is 2.13 bits per heavy atom. The Hall–Kier alpha value is -3.24. The van der Waals surface area contributed by atoms with Crippen molar-refractivity contribution in [2.45, 2.75) is 26.0 Å². The normalized spacial score (nSPS) is 11.3. The first-order valence-corrected chi connectivity index (χ1v) is 6.33. The van der Waals surface area contributed by atoms with Crippen molar-refractivity contribution in [2.24, 2.45) is 0 Å². The number of ether oxygens (including phenoxy) is 1. The van der Waals surface area contributed by atoms with Gasteiger partial charge in [0.25, 0.3) is 11.4 Å². The summed E-state index contributed by atoms with van der Waals surface area (Å²) in [4.78, 5) is 42.0. The lowest BCUT2D eigenvalue weighted by Gasteiger charge is -2.12. The number of non-ortho nitro benzene ring substituents is 2. The number of hydrogen-bond acceptors (Lipinski definition) is 7. The minimum Gasteiger partial charge on any atom is -0.480 e. The summed E-state index contributed by atoms with van der Waals surface area (Å²) >= 11 is 0. The number of alkyl carbamates (subject to hydrolysis) is 1. The van der Waals surface area contributed by atoms with Crippen molar-refractivity contribution in [1.29, 1.82) is 0 Å². The molecule has 23 heavy (non-hydrogen) atoms. The highest BCUT2D eigenvalue weighted by molar-refractivity contribution is 5.79. The van der Waals surface area contributed by atoms with Crippen LogP contribution in [0.1, 0.15) is 18.9 Å². The number of nitrogens with zero attached hydrogens (tertiary/aromatic N) is 2. The molecule has 0 bridgehead atoms. The molecule has 1 aromatic carbocycles. The number of rotatable bonds is 7. The van der Waals surface area contributed by atoms with Gasteiger partial charge in [0.1, 0.15) is 12.6 Å². The molecule has 0 fully saturated rings. The number of aliphatic carboxylic acids is 1. The van der Waals surface area contributed by atoms with Crippen LogP contribution in [0.3, 0.4) is 0 Å². The van der Waals surface area contributed by atoms with E-state index in [4.69, 9.17) is 9.84 Å². The number of amides is 1. The van der Waals surface area contributed by atoms with Gasteiger partial charge < -0.3 is 15.2 Å². The Morgan fingerprint density at radius 1 is 1.22 bits per heavy atom. The number of carbonyl (C=O) groups is 2. The number of nitrogens with one attached hydrogen (secondary N) is 1. The van der Waals surface area contributed by atoms with Gasteiger partial charge in [-0.2, -0.15) is 0 Å². The quantitative estimate of drug-likeness (QED) is 0.563. The predicted molar refractivity (Wildman–Crippen MR) is 74.8 cm³/mol. The third-order valence-corrected chi connectivity index (χ3v) is 2.75. The SMILES string of the molecule is CC[C@H](NC(=O)OCc1cc([N+](=O)[O-])cc([N+](=O)[O-])c1)C(=O)O. The van der Waals surface area contributed by atoms with Crippen molar-refractivity contribution in [1.82, 2.24) is 5.32 Å². The molecular formula is C12H13N3O8. The second-order valence-corrected chi connectivity index (χ2v) is 4.39. The van der Waals surface area contributed by atoms with E-state index >= 15 is 0 Å². The number of carboxylic acids is 1. The Balaban J connectivity index is 2.80. The van der Waals surface area contributed by atoms with E-state index in [1.807, 2.05) is 0 Å². The molecule has 0 heterocycles. The average molecular weight is 327 g/mol. The van der Waals surface area contributed by atoms with E-state index in [1.165, 1.54) is 0 Å². The lowest BCUT2D eigenvalue weighted by Crippen LogP contribution is -2.40. The molecule has 0 aromatic heterocycles. The van der Waals surface area contributed by atoms with Crippen molar-refractivity contribution in [2.75, 3.05) is 0 Å². The van der Waals surface area contributed by atoms with Gasteiger partial charge in [0, 0.05) is 17.7 Å². The smallest absolute Gasteiger partial charge is 0.408 e. The van der Waals surface area contributed by atoms with Crippen molar-refractivity contribution in [3.05, 3.63) is 44.0 Å². The largest absolute Gasteiger partial charge is 0.480 e. The van der Waals surface area contributed by atoms with Gasteiger partial charge in [0.05, 0.1) is 15.9 Å². The summed E-state index contributed by atoms with van der Waals surface area (Å²) in [5.74, 6) is -1.24. The predicted octanol–water partition coefficient (Wildman–Crippen LogP) is 1.59. The fourth-order valence-corrected chi connectivity index (χ4v) is 1.62. The first kappa shape index (κ1) is 17.8. The van der Waals surface area contributed by atoms with Crippen LogP contribution in [0.2, 0.25) is 0 Å². The number of benzene rings is 1. The lowest BCUT2D eigenvalue weighted by atomic mass is 10.2. The minimum atomic E-state index is -1.24. The molecule has 1 aromatic rings. The van der Waals surface area contributed by atoms with Crippen molar-refractivity contribution in [3.8, 4) is 0 Å². The summed E-state index contributed by atoms with van der Waals surface area (Å²) in [6.45, 7) is 1.06. The van der Waals surface area contributed by atoms with Gasteiger partial charge >= 0.3 is 12.1 Å². The van der Waals surface area contributed by atoms with Crippen molar-refractivity contribution < 1.29 is 29.3 Å². The topological polar surface area (TPSA) is 162 Å². The monoisotopic (exact) mass is 327 g/mol. The number of nitro groups is 2. The zero-order valence-electron chi connectivity index (χ0n) is 11.9. The molecule has 0 aliphatic carbocycles. The second-order valence-electron chi connectivity index (χ2n) is 4.39. The molecule has 2 N–H and O–H groups in total. The van der Waals surface area contributed by atoms with Gasteiger partial charge in [-0.3, -0.25) is 20.2 Å². The van der Waals surface area contributed by atoms with Gasteiger partial charge in [-0.1, -0.05) is 6.92 Å². The van der Waals surface area contributed by atoms with Crippen LogP contribution in [0.25, 0.3) is 0 Å². The zero-order valence-corrected chi connectivity index (χ0v) is 11.9. The Bertz CT molecular complexity index is 613.